The number of rotatable bonds is 5. The molecule has 1 N–H and O–H groups in total. The molecule has 2 aliphatic heterocycles. The number of benzene rings is 1. The molecule has 2 heterocycles. The summed E-state index contributed by atoms with van der Waals surface area (Å²) < 4.78 is 0. The first-order valence-corrected chi connectivity index (χ1v) is 10.4. The van der Waals surface area contributed by atoms with Crippen LogP contribution in [0.2, 0.25) is 0 Å². The van der Waals surface area contributed by atoms with Crippen molar-refractivity contribution in [3.63, 3.8) is 0 Å². The van der Waals surface area contributed by atoms with Crippen LogP contribution in [0.3, 0.4) is 0 Å². The Morgan fingerprint density at radius 2 is 1.89 bits per heavy atom. The van der Waals surface area contributed by atoms with E-state index >= 15 is 0 Å². The highest BCUT2D eigenvalue weighted by Crippen LogP contribution is 2.48. The minimum Gasteiger partial charge on any atom is -0.355 e. The van der Waals surface area contributed by atoms with Crippen molar-refractivity contribution in [2.45, 2.75) is 51.0 Å². The molecule has 0 bridgehead atoms. The van der Waals surface area contributed by atoms with Crippen LogP contribution in [-0.2, 0) is 9.59 Å². The maximum Gasteiger partial charge on any atom is 0.234 e. The lowest BCUT2D eigenvalue weighted by molar-refractivity contribution is -0.142. The first kappa shape index (κ1) is 18.5. The zero-order valence-corrected chi connectivity index (χ0v) is 16.3. The second-order valence-corrected chi connectivity index (χ2v) is 8.59. The number of hydrogen-bond donors (Lipinski definition) is 1. The van der Waals surface area contributed by atoms with Crippen molar-refractivity contribution in [3.8, 4) is 0 Å². The summed E-state index contributed by atoms with van der Waals surface area (Å²) in [5.74, 6) is 0.448. The summed E-state index contributed by atoms with van der Waals surface area (Å²) >= 11 is 0. The van der Waals surface area contributed by atoms with Gasteiger partial charge in [-0.15, -0.1) is 0 Å². The van der Waals surface area contributed by atoms with E-state index in [4.69, 9.17) is 0 Å². The van der Waals surface area contributed by atoms with E-state index in [1.165, 1.54) is 0 Å². The average Bonchev–Trinajstić information content (AvgIpc) is 3.52. The number of hydrogen-bond acceptors (Lipinski definition) is 3. The van der Waals surface area contributed by atoms with Gasteiger partial charge in [-0.25, -0.2) is 0 Å². The summed E-state index contributed by atoms with van der Waals surface area (Å²) in [5.41, 5.74) is 1.37. The highest BCUT2D eigenvalue weighted by molar-refractivity contribution is 5.85. The van der Waals surface area contributed by atoms with Crippen LogP contribution in [0.5, 0.6) is 0 Å². The van der Waals surface area contributed by atoms with Crippen LogP contribution in [0.15, 0.2) is 30.3 Å². The van der Waals surface area contributed by atoms with Gasteiger partial charge in [-0.05, 0) is 63.1 Å². The van der Waals surface area contributed by atoms with Gasteiger partial charge in [0.15, 0.2) is 0 Å². The van der Waals surface area contributed by atoms with E-state index in [0.29, 0.717) is 25.0 Å². The minimum atomic E-state index is -0.00418. The van der Waals surface area contributed by atoms with Crippen LogP contribution in [0.1, 0.15) is 50.5 Å². The Bertz CT molecular complexity index is 678. The Morgan fingerprint density at radius 1 is 1.19 bits per heavy atom. The van der Waals surface area contributed by atoms with Crippen molar-refractivity contribution in [3.05, 3.63) is 35.9 Å². The molecule has 2 saturated heterocycles. The standard InChI is InChI=1S/C22H31N3O2/c1-2-23-20(26)15-24-12-10-22(11-13-24)14-19(17-6-4-3-5-7-17)21(27)25(16-22)18-8-9-18/h3-7,18-19H,2,8-16H2,1H3,(H,23,26)/t19-/m0/s1. The first-order chi connectivity index (χ1) is 13.1. The molecule has 1 aliphatic carbocycles. The molecule has 1 aromatic rings. The Morgan fingerprint density at radius 3 is 2.52 bits per heavy atom. The van der Waals surface area contributed by atoms with Crippen LogP contribution < -0.4 is 5.32 Å². The number of piperidine rings is 2. The molecule has 3 aliphatic rings. The van der Waals surface area contributed by atoms with E-state index in [2.05, 4.69) is 27.2 Å². The Labute approximate surface area is 162 Å². The number of likely N-dealkylation sites (tertiary alicyclic amines) is 2. The monoisotopic (exact) mass is 369 g/mol. The third-order valence-corrected chi connectivity index (χ3v) is 6.57. The molecule has 0 radical (unpaired) electrons. The largest absolute Gasteiger partial charge is 0.355 e. The summed E-state index contributed by atoms with van der Waals surface area (Å²) in [7, 11) is 0. The van der Waals surface area contributed by atoms with Crippen LogP contribution >= 0.6 is 0 Å². The van der Waals surface area contributed by atoms with Gasteiger partial charge in [-0.3, -0.25) is 14.5 Å². The van der Waals surface area contributed by atoms with Gasteiger partial charge in [0.05, 0.1) is 12.5 Å². The summed E-state index contributed by atoms with van der Waals surface area (Å²) in [6.45, 7) is 5.95. The molecule has 1 saturated carbocycles. The van der Waals surface area contributed by atoms with Crippen LogP contribution in [-0.4, -0.2) is 60.4 Å². The van der Waals surface area contributed by atoms with E-state index in [1.54, 1.807) is 0 Å². The molecule has 1 atom stereocenters. The number of nitrogens with one attached hydrogen (secondary N) is 1. The highest BCUT2D eigenvalue weighted by atomic mass is 16.2. The molecule has 27 heavy (non-hydrogen) atoms. The molecule has 2 amide bonds. The molecule has 0 aromatic heterocycles. The first-order valence-electron chi connectivity index (χ1n) is 10.4. The van der Waals surface area contributed by atoms with Gasteiger partial charge >= 0.3 is 0 Å². The number of nitrogens with zero attached hydrogens (tertiary/aromatic N) is 2. The highest BCUT2D eigenvalue weighted by Gasteiger charge is 2.49. The molecular weight excluding hydrogens is 338 g/mol. The predicted octanol–water partition coefficient (Wildman–Crippen LogP) is 2.38. The lowest BCUT2D eigenvalue weighted by Crippen LogP contribution is -2.55. The zero-order chi connectivity index (χ0) is 18.9. The number of carbonyl (C=O) groups is 2. The summed E-state index contributed by atoms with van der Waals surface area (Å²) in [6.07, 6.45) is 5.42. The summed E-state index contributed by atoms with van der Waals surface area (Å²) in [5, 5.41) is 2.89. The normalized spacial score (nSPS) is 25.6. The molecule has 0 unspecified atom stereocenters. The van der Waals surface area contributed by atoms with Crippen molar-refractivity contribution in [1.82, 2.24) is 15.1 Å². The quantitative estimate of drug-likeness (QED) is 0.867. The number of carbonyl (C=O) groups excluding carboxylic acids is 2. The van der Waals surface area contributed by atoms with Crippen molar-refractivity contribution in [1.29, 1.82) is 0 Å². The molecule has 1 spiro atoms. The molecular formula is C22H31N3O2. The zero-order valence-electron chi connectivity index (χ0n) is 16.3. The van der Waals surface area contributed by atoms with Crippen molar-refractivity contribution in [2.75, 3.05) is 32.7 Å². The number of likely N-dealkylation sites (N-methyl/N-ethyl adjacent to an activating group) is 1. The van der Waals surface area contributed by atoms with Crippen molar-refractivity contribution >= 4 is 11.8 Å². The molecule has 146 valence electrons. The molecule has 1 aromatic carbocycles. The average molecular weight is 370 g/mol. The fourth-order valence-corrected chi connectivity index (χ4v) is 4.87. The Balaban J connectivity index is 1.47. The van der Waals surface area contributed by atoms with Gasteiger partial charge in [0.25, 0.3) is 0 Å². The maximum absolute atomic E-state index is 13.2. The van der Waals surface area contributed by atoms with Crippen LogP contribution in [0.4, 0.5) is 0 Å². The maximum atomic E-state index is 13.2. The third-order valence-electron chi connectivity index (χ3n) is 6.57. The SMILES string of the molecule is CCNC(=O)CN1CCC2(CC1)C[C@@H](c1ccccc1)C(=O)N(C1CC1)C2. The smallest absolute Gasteiger partial charge is 0.234 e. The van der Waals surface area contributed by atoms with Gasteiger partial charge in [-0.2, -0.15) is 0 Å². The van der Waals surface area contributed by atoms with E-state index in [0.717, 1.165) is 57.3 Å². The molecule has 5 nitrogen and oxygen atoms in total. The lowest BCUT2D eigenvalue weighted by atomic mass is 9.67. The fourth-order valence-electron chi connectivity index (χ4n) is 4.87. The fraction of sp³-hybridized carbons (Fsp3) is 0.636. The van der Waals surface area contributed by atoms with Crippen molar-refractivity contribution in [2.24, 2.45) is 5.41 Å². The van der Waals surface area contributed by atoms with E-state index < -0.39 is 0 Å². The second kappa shape index (κ2) is 7.63. The second-order valence-electron chi connectivity index (χ2n) is 8.59. The van der Waals surface area contributed by atoms with Gasteiger partial charge in [-0.1, -0.05) is 30.3 Å². The van der Waals surface area contributed by atoms with Gasteiger partial charge in [0, 0.05) is 19.1 Å². The van der Waals surface area contributed by atoms with Gasteiger partial charge < -0.3 is 10.2 Å². The summed E-state index contributed by atoms with van der Waals surface area (Å²) in [6, 6.07) is 10.8. The molecule has 5 heteroatoms. The minimum absolute atomic E-state index is 0.00418. The Hall–Kier alpha value is -1.88. The predicted molar refractivity (Wildman–Crippen MR) is 105 cm³/mol. The topological polar surface area (TPSA) is 52.7 Å². The van der Waals surface area contributed by atoms with Gasteiger partial charge in [0.1, 0.15) is 0 Å². The van der Waals surface area contributed by atoms with E-state index in [1.807, 2.05) is 25.1 Å². The molecule has 3 fully saturated rings. The lowest BCUT2D eigenvalue weighted by Gasteiger charge is -2.50. The van der Waals surface area contributed by atoms with Crippen molar-refractivity contribution < 1.29 is 9.59 Å². The van der Waals surface area contributed by atoms with Crippen LogP contribution in [0, 0.1) is 5.41 Å². The van der Waals surface area contributed by atoms with E-state index in [9.17, 15) is 9.59 Å². The summed E-state index contributed by atoms with van der Waals surface area (Å²) in [4.78, 5) is 29.5. The number of amides is 2. The Kier molecular flexibility index (Phi) is 5.22. The van der Waals surface area contributed by atoms with Gasteiger partial charge in [0.2, 0.25) is 11.8 Å². The van der Waals surface area contributed by atoms with Crippen LogP contribution in [0.25, 0.3) is 0 Å². The molecule has 4 rings (SSSR count). The third kappa shape index (κ3) is 4.03. The van der Waals surface area contributed by atoms with E-state index in [-0.39, 0.29) is 17.2 Å².